The molecule has 0 radical (unpaired) electrons. The lowest BCUT2D eigenvalue weighted by Gasteiger charge is -2.16. The maximum atomic E-state index is 12.1. The molecule has 0 aliphatic carbocycles. The number of aliphatic hydroxyl groups is 2. The van der Waals surface area contributed by atoms with Gasteiger partial charge in [-0.1, -0.05) is 0 Å². The minimum atomic E-state index is -1.42. The van der Waals surface area contributed by atoms with Crippen LogP contribution in [0.1, 0.15) is 26.0 Å². The van der Waals surface area contributed by atoms with Crippen molar-refractivity contribution in [1.29, 1.82) is 0 Å². The molecular formula is C18H24N8O5. The van der Waals surface area contributed by atoms with Crippen LogP contribution in [0.5, 0.6) is 0 Å². The summed E-state index contributed by atoms with van der Waals surface area (Å²) in [7, 11) is 0. The lowest BCUT2D eigenvalue weighted by Crippen LogP contribution is -2.42. The third-order valence-electron chi connectivity index (χ3n) is 4.93. The number of nitrogens with zero attached hydrogens (tertiary/aromatic N) is 5. The molecule has 1 amide bonds. The van der Waals surface area contributed by atoms with Crippen LogP contribution in [0.15, 0.2) is 23.3 Å². The lowest BCUT2D eigenvalue weighted by molar-refractivity contribution is -0.137. The van der Waals surface area contributed by atoms with E-state index in [-0.39, 0.29) is 22.9 Å². The molecule has 2 aliphatic heterocycles. The zero-order chi connectivity index (χ0) is 22.0. The van der Waals surface area contributed by atoms with E-state index in [9.17, 15) is 15.0 Å². The maximum Gasteiger partial charge on any atom is 0.252 e. The average Bonchev–Trinajstić information content (AvgIpc) is 3.31. The van der Waals surface area contributed by atoms with Crippen molar-refractivity contribution >= 4 is 35.1 Å². The van der Waals surface area contributed by atoms with Crippen LogP contribution < -0.4 is 16.5 Å². The number of hydrogen-bond acceptors (Lipinski definition) is 11. The zero-order valence-electron chi connectivity index (χ0n) is 16.8. The predicted octanol–water partition coefficient (Wildman–Crippen LogP) is -0.744. The van der Waals surface area contributed by atoms with E-state index in [1.807, 2.05) is 0 Å². The number of nitrogens with one attached hydrogen (secondary N) is 2. The highest BCUT2D eigenvalue weighted by Crippen LogP contribution is 2.32. The van der Waals surface area contributed by atoms with E-state index in [2.05, 4.69) is 30.8 Å². The normalized spacial score (nSPS) is 26.1. The number of carbonyl (C=O) groups excluding carboxylic acids is 1. The van der Waals surface area contributed by atoms with Crippen LogP contribution in [0.4, 0.5) is 11.8 Å². The quantitative estimate of drug-likeness (QED) is 0.288. The highest BCUT2D eigenvalue weighted by Gasteiger charge is 2.47. The molecule has 0 spiro atoms. The van der Waals surface area contributed by atoms with Crippen LogP contribution in [0, 0.1) is 0 Å². The summed E-state index contributed by atoms with van der Waals surface area (Å²) in [5.74, 6) is -0.323. The van der Waals surface area contributed by atoms with Crippen molar-refractivity contribution in [2.45, 2.75) is 44.3 Å². The first-order valence-corrected chi connectivity index (χ1v) is 9.88. The van der Waals surface area contributed by atoms with E-state index in [0.29, 0.717) is 13.2 Å². The Morgan fingerprint density at radius 3 is 3.00 bits per heavy atom. The summed E-state index contributed by atoms with van der Waals surface area (Å²) < 4.78 is 12.3. The molecule has 13 nitrogen and oxygen atoms in total. The van der Waals surface area contributed by atoms with E-state index >= 15 is 0 Å². The smallest absolute Gasteiger partial charge is 0.252 e. The Morgan fingerprint density at radius 2 is 2.26 bits per heavy atom. The number of rotatable bonds is 6. The molecule has 2 aromatic heterocycles. The molecule has 13 heteroatoms. The topological polar surface area (TPSA) is 182 Å². The molecule has 2 aromatic rings. The number of nitrogen functional groups attached to an aromatic ring is 1. The standard InChI is InChI=1S/C18H24N8O5/c1-2-20-16(29)13-11(27)12(28)17(31-13)26-8-21-10-14(19)23-18(24-15(10)26)25-22-6-9-4-3-5-30-7-9/h6-8,11-13,17,27-28H,2-5H2,1H3,(H,20,29)(H3,19,23,24,25)/b22-6+/t11-,12+,13-,17+/m0/s1. The molecule has 1 saturated heterocycles. The van der Waals surface area contributed by atoms with Gasteiger partial charge in [-0.2, -0.15) is 15.1 Å². The van der Waals surface area contributed by atoms with Gasteiger partial charge in [-0.3, -0.25) is 9.36 Å². The summed E-state index contributed by atoms with van der Waals surface area (Å²) in [5, 5.41) is 27.4. The number of hydrazone groups is 1. The van der Waals surface area contributed by atoms with E-state index in [0.717, 1.165) is 18.4 Å². The Labute approximate surface area is 177 Å². The fourth-order valence-electron chi connectivity index (χ4n) is 3.41. The van der Waals surface area contributed by atoms with Gasteiger partial charge in [0.1, 0.15) is 17.7 Å². The van der Waals surface area contributed by atoms with Crippen molar-refractivity contribution in [2.24, 2.45) is 5.10 Å². The van der Waals surface area contributed by atoms with Crippen LogP contribution in [0.25, 0.3) is 11.2 Å². The fourth-order valence-corrected chi connectivity index (χ4v) is 3.41. The summed E-state index contributed by atoms with van der Waals surface area (Å²) in [6.45, 7) is 2.80. The van der Waals surface area contributed by atoms with Crippen molar-refractivity contribution in [3.63, 3.8) is 0 Å². The third-order valence-corrected chi connectivity index (χ3v) is 4.93. The number of anilines is 2. The Hall–Kier alpha value is -3.29. The molecule has 0 aromatic carbocycles. The van der Waals surface area contributed by atoms with E-state index < -0.39 is 30.4 Å². The second-order valence-corrected chi connectivity index (χ2v) is 7.12. The summed E-state index contributed by atoms with van der Waals surface area (Å²) >= 11 is 0. The third kappa shape index (κ3) is 4.15. The predicted molar refractivity (Wildman–Crippen MR) is 110 cm³/mol. The van der Waals surface area contributed by atoms with E-state index in [4.69, 9.17) is 15.2 Å². The number of imidazole rings is 1. The largest absolute Gasteiger partial charge is 0.501 e. The SMILES string of the molecule is CCNC(=O)[C@H]1O[C@@H](n2cnc3c(N)nc(N/N=C/C4=COCCC4)nc32)[C@H](O)[C@@H]1O. The number of amides is 1. The molecule has 1 fully saturated rings. The van der Waals surface area contributed by atoms with Crippen molar-refractivity contribution in [1.82, 2.24) is 24.8 Å². The molecule has 6 N–H and O–H groups in total. The minimum absolute atomic E-state index is 0.0926. The number of aromatic nitrogens is 4. The number of fused-ring (bicyclic) bond motifs is 1. The number of ether oxygens (including phenoxy) is 2. The molecule has 0 saturated carbocycles. The molecule has 4 heterocycles. The van der Waals surface area contributed by atoms with Gasteiger partial charge in [0.25, 0.3) is 5.91 Å². The fraction of sp³-hybridized carbons (Fsp3) is 0.500. The first-order valence-electron chi connectivity index (χ1n) is 9.88. The average molecular weight is 432 g/mol. The van der Waals surface area contributed by atoms with Crippen LogP contribution in [-0.4, -0.2) is 73.3 Å². The summed E-state index contributed by atoms with van der Waals surface area (Å²) in [6, 6.07) is 0. The van der Waals surface area contributed by atoms with Gasteiger partial charge in [-0.15, -0.1) is 0 Å². The van der Waals surface area contributed by atoms with Crippen LogP contribution in [0.2, 0.25) is 0 Å². The van der Waals surface area contributed by atoms with Crippen LogP contribution in [0.3, 0.4) is 0 Å². The second kappa shape index (κ2) is 8.83. The molecule has 166 valence electrons. The Morgan fingerprint density at radius 1 is 1.42 bits per heavy atom. The molecular weight excluding hydrogens is 408 g/mol. The van der Waals surface area contributed by atoms with Gasteiger partial charge in [0.15, 0.2) is 23.8 Å². The zero-order valence-corrected chi connectivity index (χ0v) is 16.8. The number of nitrogens with two attached hydrogens (primary N) is 1. The van der Waals surface area contributed by atoms with Crippen molar-refractivity contribution < 1.29 is 24.5 Å². The Balaban J connectivity index is 1.58. The van der Waals surface area contributed by atoms with Crippen LogP contribution >= 0.6 is 0 Å². The number of aliphatic hydroxyl groups excluding tert-OH is 2. The highest BCUT2D eigenvalue weighted by atomic mass is 16.6. The first kappa shape index (κ1) is 21.0. The first-order chi connectivity index (χ1) is 15.0. The number of allylic oxidation sites excluding steroid dienone is 1. The maximum absolute atomic E-state index is 12.1. The van der Waals surface area contributed by atoms with Gasteiger partial charge >= 0.3 is 0 Å². The van der Waals surface area contributed by atoms with Crippen molar-refractivity contribution in [3.8, 4) is 0 Å². The van der Waals surface area contributed by atoms with Gasteiger partial charge in [-0.25, -0.2) is 10.4 Å². The van der Waals surface area contributed by atoms with Gasteiger partial charge in [0.05, 0.1) is 25.4 Å². The highest BCUT2D eigenvalue weighted by molar-refractivity contribution is 5.84. The molecule has 4 atom stereocenters. The van der Waals surface area contributed by atoms with Crippen molar-refractivity contribution in [2.75, 3.05) is 24.3 Å². The van der Waals surface area contributed by atoms with E-state index in [1.54, 1.807) is 19.4 Å². The van der Waals surface area contributed by atoms with E-state index in [1.165, 1.54) is 10.9 Å². The lowest BCUT2D eigenvalue weighted by atomic mass is 10.1. The number of likely N-dealkylation sites (N-methyl/N-ethyl adjacent to an activating group) is 1. The second-order valence-electron chi connectivity index (χ2n) is 7.12. The number of carbonyl (C=O) groups is 1. The molecule has 2 aliphatic rings. The molecule has 31 heavy (non-hydrogen) atoms. The summed E-state index contributed by atoms with van der Waals surface area (Å²) in [4.78, 5) is 24.8. The van der Waals surface area contributed by atoms with Gasteiger partial charge in [-0.05, 0) is 19.8 Å². The molecule has 0 unspecified atom stereocenters. The van der Waals surface area contributed by atoms with Crippen LogP contribution in [-0.2, 0) is 14.3 Å². The summed E-state index contributed by atoms with van der Waals surface area (Å²) in [6.07, 6.45) is 1.26. The van der Waals surface area contributed by atoms with Crippen molar-refractivity contribution in [3.05, 3.63) is 18.2 Å². The monoisotopic (exact) mass is 432 g/mol. The Bertz CT molecular complexity index is 1020. The molecule has 4 rings (SSSR count). The minimum Gasteiger partial charge on any atom is -0.501 e. The van der Waals surface area contributed by atoms with Gasteiger partial charge in [0.2, 0.25) is 5.95 Å². The van der Waals surface area contributed by atoms with Gasteiger partial charge < -0.3 is 30.7 Å². The summed E-state index contributed by atoms with van der Waals surface area (Å²) in [5.41, 5.74) is 10.2. The van der Waals surface area contributed by atoms with Gasteiger partial charge in [0, 0.05) is 12.1 Å². The molecule has 0 bridgehead atoms. The number of hydrogen-bond donors (Lipinski definition) is 5. The Kier molecular flexibility index (Phi) is 5.97.